The summed E-state index contributed by atoms with van der Waals surface area (Å²) in [6, 6.07) is 7.60. The summed E-state index contributed by atoms with van der Waals surface area (Å²) in [4.78, 5) is 11.3. The van der Waals surface area contributed by atoms with Gasteiger partial charge in [0.15, 0.2) is 0 Å². The molecule has 0 aliphatic heterocycles. The van der Waals surface area contributed by atoms with Gasteiger partial charge in [-0.15, -0.1) is 0 Å². The van der Waals surface area contributed by atoms with Crippen LogP contribution in [0.4, 0.5) is 0 Å². The van der Waals surface area contributed by atoms with Crippen LogP contribution in [0.15, 0.2) is 36.4 Å². The van der Waals surface area contributed by atoms with Gasteiger partial charge in [-0.1, -0.05) is 32.1 Å². The zero-order valence-corrected chi connectivity index (χ0v) is 9.25. The fourth-order valence-electron chi connectivity index (χ4n) is 1.25. The van der Waals surface area contributed by atoms with Gasteiger partial charge in [-0.25, -0.2) is 4.79 Å². The maximum atomic E-state index is 11.3. The third-order valence-corrected chi connectivity index (χ3v) is 2.00. The zero-order chi connectivity index (χ0) is 11.3. The van der Waals surface area contributed by atoms with Crippen molar-refractivity contribution in [2.75, 3.05) is 0 Å². The highest BCUT2D eigenvalue weighted by Crippen LogP contribution is 2.15. The minimum atomic E-state index is -0.372. The van der Waals surface area contributed by atoms with Crippen molar-refractivity contribution in [3.63, 3.8) is 0 Å². The van der Waals surface area contributed by atoms with Gasteiger partial charge in [0.1, 0.15) is 5.75 Å². The lowest BCUT2D eigenvalue weighted by molar-refractivity contribution is -0.130. The Labute approximate surface area is 90.6 Å². The number of hydrogen-bond acceptors (Lipinski definition) is 2. The zero-order valence-electron chi connectivity index (χ0n) is 9.25. The summed E-state index contributed by atoms with van der Waals surface area (Å²) in [7, 11) is 0. The number of benzene rings is 1. The number of carbonyl (C=O) groups excluding carboxylic acids is 1. The Hall–Kier alpha value is -1.57. The quantitative estimate of drug-likeness (QED) is 0.428. The van der Waals surface area contributed by atoms with Crippen molar-refractivity contribution in [3.05, 3.63) is 42.0 Å². The van der Waals surface area contributed by atoms with Crippen LogP contribution < -0.4 is 4.74 Å². The van der Waals surface area contributed by atoms with Crippen molar-refractivity contribution in [3.8, 4) is 5.75 Å². The average Bonchev–Trinajstić information content (AvgIpc) is 2.18. The van der Waals surface area contributed by atoms with Crippen molar-refractivity contribution >= 4 is 5.97 Å². The fraction of sp³-hybridized carbons (Fsp3) is 0.308. The van der Waals surface area contributed by atoms with Crippen LogP contribution in [0.1, 0.15) is 25.8 Å². The van der Waals surface area contributed by atoms with E-state index >= 15 is 0 Å². The number of ether oxygens (including phenoxy) is 1. The SMILES string of the molecule is C=C(C)C(=O)Oc1cccc(CCC)c1. The van der Waals surface area contributed by atoms with E-state index in [0.717, 1.165) is 12.8 Å². The van der Waals surface area contributed by atoms with Gasteiger partial charge in [0, 0.05) is 5.57 Å². The molecule has 0 fully saturated rings. The molecule has 0 N–H and O–H groups in total. The summed E-state index contributed by atoms with van der Waals surface area (Å²) in [5.41, 5.74) is 1.60. The third-order valence-electron chi connectivity index (χ3n) is 2.00. The number of carbonyl (C=O) groups is 1. The molecule has 0 saturated carbocycles. The molecule has 1 aromatic rings. The second kappa shape index (κ2) is 5.35. The first-order chi connectivity index (χ1) is 7.13. The van der Waals surface area contributed by atoms with E-state index < -0.39 is 0 Å². The highest BCUT2D eigenvalue weighted by molar-refractivity contribution is 5.88. The molecule has 0 radical (unpaired) electrons. The van der Waals surface area contributed by atoms with Crippen LogP contribution in [-0.4, -0.2) is 5.97 Å². The summed E-state index contributed by atoms with van der Waals surface area (Å²) in [6.07, 6.45) is 2.08. The van der Waals surface area contributed by atoms with Gasteiger partial charge in [-0.3, -0.25) is 0 Å². The van der Waals surface area contributed by atoms with Gasteiger partial charge in [0.05, 0.1) is 0 Å². The molecule has 0 saturated heterocycles. The summed E-state index contributed by atoms with van der Waals surface area (Å²) >= 11 is 0. The Morgan fingerprint density at radius 3 is 2.80 bits per heavy atom. The lowest BCUT2D eigenvalue weighted by atomic mass is 10.1. The van der Waals surface area contributed by atoms with E-state index in [1.54, 1.807) is 13.0 Å². The lowest BCUT2D eigenvalue weighted by Gasteiger charge is -2.05. The number of esters is 1. The van der Waals surface area contributed by atoms with E-state index in [1.165, 1.54) is 5.56 Å². The summed E-state index contributed by atoms with van der Waals surface area (Å²) in [5, 5.41) is 0. The predicted octanol–water partition coefficient (Wildman–Crippen LogP) is 3.12. The first kappa shape index (κ1) is 11.5. The Bertz CT molecular complexity index is 367. The van der Waals surface area contributed by atoms with Crippen molar-refractivity contribution in [1.29, 1.82) is 0 Å². The molecule has 15 heavy (non-hydrogen) atoms. The Morgan fingerprint density at radius 2 is 2.20 bits per heavy atom. The van der Waals surface area contributed by atoms with Gasteiger partial charge in [-0.2, -0.15) is 0 Å². The van der Waals surface area contributed by atoms with Crippen LogP contribution in [0.2, 0.25) is 0 Å². The van der Waals surface area contributed by atoms with Gasteiger partial charge in [0.2, 0.25) is 0 Å². The molecule has 2 heteroatoms. The summed E-state index contributed by atoms with van der Waals surface area (Å²) in [5.74, 6) is 0.220. The van der Waals surface area contributed by atoms with Crippen LogP contribution in [0.5, 0.6) is 5.75 Å². The first-order valence-electron chi connectivity index (χ1n) is 5.10. The normalized spacial score (nSPS) is 9.73. The average molecular weight is 204 g/mol. The molecule has 0 aliphatic rings. The molecular formula is C13H16O2. The molecule has 0 unspecified atom stereocenters. The van der Waals surface area contributed by atoms with Crippen LogP contribution >= 0.6 is 0 Å². The first-order valence-corrected chi connectivity index (χ1v) is 5.10. The molecule has 80 valence electrons. The fourth-order valence-corrected chi connectivity index (χ4v) is 1.25. The maximum Gasteiger partial charge on any atom is 0.338 e. The Morgan fingerprint density at radius 1 is 1.47 bits per heavy atom. The monoisotopic (exact) mass is 204 g/mol. The van der Waals surface area contributed by atoms with E-state index in [4.69, 9.17) is 4.74 Å². The van der Waals surface area contributed by atoms with E-state index in [-0.39, 0.29) is 5.97 Å². The molecule has 0 aromatic heterocycles. The van der Waals surface area contributed by atoms with Gasteiger partial charge in [0.25, 0.3) is 0 Å². The van der Waals surface area contributed by atoms with Crippen molar-refractivity contribution in [2.45, 2.75) is 26.7 Å². The molecule has 0 bridgehead atoms. The van der Waals surface area contributed by atoms with Crippen molar-refractivity contribution in [2.24, 2.45) is 0 Å². The maximum absolute atomic E-state index is 11.3. The topological polar surface area (TPSA) is 26.3 Å². The van der Waals surface area contributed by atoms with E-state index in [0.29, 0.717) is 11.3 Å². The Kier molecular flexibility index (Phi) is 4.10. The second-order valence-electron chi connectivity index (χ2n) is 3.57. The van der Waals surface area contributed by atoms with Gasteiger partial charge in [-0.05, 0) is 31.0 Å². The molecule has 1 aromatic carbocycles. The number of aryl methyl sites for hydroxylation is 1. The third kappa shape index (κ3) is 3.58. The molecule has 0 atom stereocenters. The second-order valence-corrected chi connectivity index (χ2v) is 3.57. The van der Waals surface area contributed by atoms with Gasteiger partial charge >= 0.3 is 5.97 Å². The molecule has 0 amide bonds. The van der Waals surface area contributed by atoms with Crippen molar-refractivity contribution < 1.29 is 9.53 Å². The number of hydrogen-bond donors (Lipinski definition) is 0. The molecule has 0 spiro atoms. The largest absolute Gasteiger partial charge is 0.423 e. The highest BCUT2D eigenvalue weighted by atomic mass is 16.5. The predicted molar refractivity (Wildman–Crippen MR) is 60.9 cm³/mol. The number of rotatable bonds is 4. The van der Waals surface area contributed by atoms with Crippen LogP contribution in [-0.2, 0) is 11.2 Å². The van der Waals surface area contributed by atoms with Crippen molar-refractivity contribution in [1.82, 2.24) is 0 Å². The summed E-state index contributed by atoms with van der Waals surface area (Å²) in [6.45, 7) is 7.29. The molecule has 0 aliphatic carbocycles. The lowest BCUT2D eigenvalue weighted by Crippen LogP contribution is -2.08. The molecule has 1 rings (SSSR count). The van der Waals surface area contributed by atoms with E-state index in [1.807, 2.05) is 18.2 Å². The molecule has 2 nitrogen and oxygen atoms in total. The van der Waals surface area contributed by atoms with Crippen LogP contribution in [0.25, 0.3) is 0 Å². The molecular weight excluding hydrogens is 188 g/mol. The minimum Gasteiger partial charge on any atom is -0.423 e. The van der Waals surface area contributed by atoms with Crippen LogP contribution in [0, 0.1) is 0 Å². The summed E-state index contributed by atoms with van der Waals surface area (Å²) < 4.78 is 5.12. The van der Waals surface area contributed by atoms with Gasteiger partial charge < -0.3 is 4.74 Å². The standard InChI is InChI=1S/C13H16O2/c1-4-6-11-7-5-8-12(9-11)15-13(14)10(2)3/h5,7-9H,2,4,6H2,1,3H3. The minimum absolute atomic E-state index is 0.372. The highest BCUT2D eigenvalue weighted by Gasteiger charge is 2.05. The van der Waals surface area contributed by atoms with E-state index in [9.17, 15) is 4.79 Å². The van der Waals surface area contributed by atoms with Crippen LogP contribution in [0.3, 0.4) is 0 Å². The molecule has 0 heterocycles. The van der Waals surface area contributed by atoms with E-state index in [2.05, 4.69) is 13.5 Å². The Balaban J connectivity index is 2.73. The smallest absolute Gasteiger partial charge is 0.338 e.